The van der Waals surface area contributed by atoms with Crippen LogP contribution in [0.15, 0.2) is 54.9 Å². The van der Waals surface area contributed by atoms with Gasteiger partial charge in [0.1, 0.15) is 4.83 Å². The standard InChI is InChI=1S/C20H17ClN4OS/c1-13-16-9-18(19(26)23-11-14-5-4-8-22-10-14)27-20(16)25(24-13)12-15-6-2-3-7-17(15)21/h2-10H,11-12H2,1H3,(H,23,26). The monoisotopic (exact) mass is 396 g/mol. The van der Waals surface area contributed by atoms with E-state index in [1.807, 2.05) is 54.1 Å². The third-order valence-electron chi connectivity index (χ3n) is 4.29. The summed E-state index contributed by atoms with van der Waals surface area (Å²) in [5, 5.41) is 9.26. The molecule has 3 aromatic heterocycles. The molecule has 0 aliphatic carbocycles. The van der Waals surface area contributed by atoms with Gasteiger partial charge in [-0.15, -0.1) is 11.3 Å². The lowest BCUT2D eigenvalue weighted by molar-refractivity contribution is 0.0955. The Bertz CT molecular complexity index is 1100. The number of aromatic nitrogens is 3. The molecule has 0 aliphatic heterocycles. The molecule has 1 aromatic carbocycles. The highest BCUT2D eigenvalue weighted by molar-refractivity contribution is 7.20. The lowest BCUT2D eigenvalue weighted by atomic mass is 10.2. The SMILES string of the molecule is Cc1nn(Cc2ccccc2Cl)c2sc(C(=O)NCc3cccnc3)cc12. The molecule has 0 atom stereocenters. The highest BCUT2D eigenvalue weighted by atomic mass is 35.5. The van der Waals surface area contributed by atoms with Crippen molar-refractivity contribution in [1.29, 1.82) is 0 Å². The number of hydrogen-bond acceptors (Lipinski definition) is 4. The molecule has 4 aromatic rings. The van der Waals surface area contributed by atoms with Gasteiger partial charge in [-0.3, -0.25) is 14.5 Å². The van der Waals surface area contributed by atoms with Crippen molar-refractivity contribution in [3.05, 3.63) is 81.6 Å². The van der Waals surface area contributed by atoms with Crippen molar-refractivity contribution in [2.45, 2.75) is 20.0 Å². The average molecular weight is 397 g/mol. The number of pyridine rings is 1. The topological polar surface area (TPSA) is 59.8 Å². The number of halogens is 1. The number of rotatable bonds is 5. The molecule has 136 valence electrons. The van der Waals surface area contributed by atoms with E-state index in [9.17, 15) is 4.79 Å². The minimum Gasteiger partial charge on any atom is -0.347 e. The quantitative estimate of drug-likeness (QED) is 0.542. The van der Waals surface area contributed by atoms with Gasteiger partial charge in [0.15, 0.2) is 0 Å². The van der Waals surface area contributed by atoms with Crippen molar-refractivity contribution < 1.29 is 4.79 Å². The zero-order valence-electron chi connectivity index (χ0n) is 14.6. The fraction of sp³-hybridized carbons (Fsp3) is 0.150. The summed E-state index contributed by atoms with van der Waals surface area (Å²) in [6, 6.07) is 13.4. The molecular weight excluding hydrogens is 380 g/mol. The van der Waals surface area contributed by atoms with E-state index >= 15 is 0 Å². The summed E-state index contributed by atoms with van der Waals surface area (Å²) in [6.07, 6.45) is 3.46. The van der Waals surface area contributed by atoms with Crippen molar-refractivity contribution in [2.75, 3.05) is 0 Å². The second-order valence-corrected chi connectivity index (χ2v) is 7.65. The number of carbonyl (C=O) groups is 1. The van der Waals surface area contributed by atoms with Gasteiger partial charge in [0.05, 0.1) is 17.1 Å². The predicted molar refractivity (Wildman–Crippen MR) is 108 cm³/mol. The second kappa shape index (κ2) is 7.50. The molecular formula is C20H17ClN4OS. The number of aryl methyl sites for hydroxylation is 1. The van der Waals surface area contributed by atoms with Crippen LogP contribution in [0.4, 0.5) is 0 Å². The van der Waals surface area contributed by atoms with Gasteiger partial charge in [-0.2, -0.15) is 5.10 Å². The van der Waals surface area contributed by atoms with Crippen LogP contribution in [0.2, 0.25) is 5.02 Å². The van der Waals surface area contributed by atoms with Gasteiger partial charge < -0.3 is 5.32 Å². The summed E-state index contributed by atoms with van der Waals surface area (Å²) >= 11 is 7.72. The number of thiophene rings is 1. The summed E-state index contributed by atoms with van der Waals surface area (Å²) < 4.78 is 1.91. The number of nitrogens with one attached hydrogen (secondary N) is 1. The molecule has 1 amide bonds. The van der Waals surface area contributed by atoms with Gasteiger partial charge in [0.25, 0.3) is 5.91 Å². The van der Waals surface area contributed by atoms with Gasteiger partial charge in [-0.25, -0.2) is 0 Å². The van der Waals surface area contributed by atoms with Gasteiger partial charge >= 0.3 is 0 Å². The molecule has 0 fully saturated rings. The molecule has 0 unspecified atom stereocenters. The Kier molecular flexibility index (Phi) is 4.92. The molecule has 0 radical (unpaired) electrons. The zero-order valence-corrected chi connectivity index (χ0v) is 16.2. The number of hydrogen-bond donors (Lipinski definition) is 1. The summed E-state index contributed by atoms with van der Waals surface area (Å²) in [4.78, 5) is 18.2. The summed E-state index contributed by atoms with van der Waals surface area (Å²) in [7, 11) is 0. The van der Waals surface area contributed by atoms with E-state index in [1.54, 1.807) is 12.4 Å². The molecule has 0 spiro atoms. The van der Waals surface area contributed by atoms with Crippen molar-refractivity contribution in [3.63, 3.8) is 0 Å². The maximum Gasteiger partial charge on any atom is 0.261 e. The third-order valence-corrected chi connectivity index (χ3v) is 5.80. The first-order valence-electron chi connectivity index (χ1n) is 8.49. The Hall–Kier alpha value is -2.70. The van der Waals surface area contributed by atoms with Crippen molar-refractivity contribution in [1.82, 2.24) is 20.1 Å². The molecule has 27 heavy (non-hydrogen) atoms. The van der Waals surface area contributed by atoms with E-state index in [0.717, 1.165) is 27.0 Å². The molecule has 7 heteroatoms. The smallest absolute Gasteiger partial charge is 0.261 e. The average Bonchev–Trinajstić information content (AvgIpc) is 3.24. The lowest BCUT2D eigenvalue weighted by Gasteiger charge is -2.05. The first-order chi connectivity index (χ1) is 13.1. The highest BCUT2D eigenvalue weighted by Gasteiger charge is 2.17. The number of carbonyl (C=O) groups excluding carboxylic acids is 1. The lowest BCUT2D eigenvalue weighted by Crippen LogP contribution is -2.21. The third kappa shape index (κ3) is 3.72. The largest absolute Gasteiger partial charge is 0.347 e. The molecule has 4 rings (SSSR count). The van der Waals surface area contributed by atoms with E-state index in [0.29, 0.717) is 23.0 Å². The summed E-state index contributed by atoms with van der Waals surface area (Å²) in [5.41, 5.74) is 2.87. The fourth-order valence-corrected chi connectivity index (χ4v) is 4.16. The summed E-state index contributed by atoms with van der Waals surface area (Å²) in [5.74, 6) is -0.0938. The second-order valence-electron chi connectivity index (χ2n) is 6.21. The number of fused-ring (bicyclic) bond motifs is 1. The minimum absolute atomic E-state index is 0.0938. The van der Waals surface area contributed by atoms with E-state index in [4.69, 9.17) is 11.6 Å². The molecule has 3 heterocycles. The summed E-state index contributed by atoms with van der Waals surface area (Å²) in [6.45, 7) is 2.97. The van der Waals surface area contributed by atoms with E-state index in [1.165, 1.54) is 11.3 Å². The normalized spacial score (nSPS) is 11.0. The molecule has 1 N–H and O–H groups in total. The fourth-order valence-electron chi connectivity index (χ4n) is 2.89. The Morgan fingerprint density at radius 1 is 1.26 bits per heavy atom. The highest BCUT2D eigenvalue weighted by Crippen LogP contribution is 2.29. The van der Waals surface area contributed by atoms with Crippen molar-refractivity contribution >= 4 is 39.1 Å². The Balaban J connectivity index is 1.57. The van der Waals surface area contributed by atoms with Crippen LogP contribution in [0.3, 0.4) is 0 Å². The van der Waals surface area contributed by atoms with Gasteiger partial charge in [-0.1, -0.05) is 35.9 Å². The van der Waals surface area contributed by atoms with E-state index in [2.05, 4.69) is 15.4 Å². The van der Waals surface area contributed by atoms with E-state index in [-0.39, 0.29) is 5.91 Å². The predicted octanol–water partition coefficient (Wildman–Crippen LogP) is 4.43. The van der Waals surface area contributed by atoms with Crippen LogP contribution in [0, 0.1) is 6.92 Å². The number of benzene rings is 1. The maximum absolute atomic E-state index is 12.5. The van der Waals surface area contributed by atoms with Gasteiger partial charge in [0.2, 0.25) is 0 Å². The first kappa shape index (κ1) is 17.7. The Labute approximate surface area is 165 Å². The molecule has 0 saturated carbocycles. The van der Waals surface area contributed by atoms with Crippen LogP contribution in [0.5, 0.6) is 0 Å². The van der Waals surface area contributed by atoms with E-state index < -0.39 is 0 Å². The van der Waals surface area contributed by atoms with Crippen LogP contribution in [-0.2, 0) is 13.1 Å². The molecule has 0 aliphatic rings. The van der Waals surface area contributed by atoms with Crippen LogP contribution >= 0.6 is 22.9 Å². The Morgan fingerprint density at radius 2 is 2.11 bits per heavy atom. The molecule has 0 bridgehead atoms. The molecule has 5 nitrogen and oxygen atoms in total. The zero-order chi connectivity index (χ0) is 18.8. The first-order valence-corrected chi connectivity index (χ1v) is 9.69. The number of amides is 1. The van der Waals surface area contributed by atoms with Gasteiger partial charge in [0, 0.05) is 29.3 Å². The maximum atomic E-state index is 12.5. The van der Waals surface area contributed by atoms with Crippen LogP contribution in [0.25, 0.3) is 10.2 Å². The number of nitrogens with zero attached hydrogens (tertiary/aromatic N) is 3. The van der Waals surface area contributed by atoms with Crippen molar-refractivity contribution in [2.24, 2.45) is 0 Å². The van der Waals surface area contributed by atoms with Gasteiger partial charge in [-0.05, 0) is 36.2 Å². The minimum atomic E-state index is -0.0938. The Morgan fingerprint density at radius 3 is 2.89 bits per heavy atom. The van der Waals surface area contributed by atoms with Crippen LogP contribution in [0.1, 0.15) is 26.5 Å². The van der Waals surface area contributed by atoms with Crippen LogP contribution in [-0.4, -0.2) is 20.7 Å². The van der Waals surface area contributed by atoms with Crippen LogP contribution < -0.4 is 5.32 Å². The molecule has 0 saturated heterocycles. The van der Waals surface area contributed by atoms with Crippen molar-refractivity contribution in [3.8, 4) is 0 Å².